The normalized spacial score (nSPS) is 11.9. The van der Waals surface area contributed by atoms with Crippen molar-refractivity contribution in [2.24, 2.45) is 15.9 Å². The minimum atomic E-state index is -0.709. The van der Waals surface area contributed by atoms with E-state index >= 15 is 0 Å². The molecule has 0 radical (unpaired) electrons. The van der Waals surface area contributed by atoms with Gasteiger partial charge in [-0.2, -0.15) is 5.10 Å². The third kappa shape index (κ3) is 3.74. The highest BCUT2D eigenvalue weighted by Gasteiger charge is 2.11. The molecule has 7 nitrogen and oxygen atoms in total. The number of hydrazone groups is 1. The van der Waals surface area contributed by atoms with Gasteiger partial charge in [0.15, 0.2) is 0 Å². The Morgan fingerprint density at radius 1 is 1.19 bits per heavy atom. The summed E-state index contributed by atoms with van der Waals surface area (Å²) in [7, 11) is 1.42. The Bertz CT molecular complexity index is 1130. The van der Waals surface area contributed by atoms with Crippen molar-refractivity contribution in [1.29, 1.82) is 0 Å². The van der Waals surface area contributed by atoms with E-state index in [-0.39, 0.29) is 28.1 Å². The van der Waals surface area contributed by atoms with Gasteiger partial charge in [0.25, 0.3) is 11.5 Å². The second-order valence-electron chi connectivity index (χ2n) is 5.62. The number of hydrogen-bond acceptors (Lipinski definition) is 5. The van der Waals surface area contributed by atoms with E-state index in [0.29, 0.717) is 5.52 Å². The summed E-state index contributed by atoms with van der Waals surface area (Å²) in [5.74, 6) is 4.17. The van der Waals surface area contributed by atoms with Gasteiger partial charge in [-0.3, -0.25) is 14.6 Å². The second-order valence-corrected chi connectivity index (χ2v) is 5.62. The highest BCUT2D eigenvalue weighted by atomic mass is 19.1. The number of carbonyl (C=O) groups excluding carboxylic acids is 1. The standard InChI is InChI=1S/C19H16FN5O2/c1-22-18(26)13-7-6-12(9-15(13)20)23-10-17(25-21)14-8-11-4-2-3-5-16(11)24-19(14)27/h2-10H,21H2,1H3,(H,22,26)(H,24,27). The maximum atomic E-state index is 14.0. The highest BCUT2D eigenvalue weighted by molar-refractivity contribution is 6.38. The third-order valence-electron chi connectivity index (χ3n) is 3.93. The second kappa shape index (κ2) is 7.61. The first-order chi connectivity index (χ1) is 13.0. The number of nitrogens with one attached hydrogen (secondary N) is 2. The number of aromatic amines is 1. The van der Waals surface area contributed by atoms with E-state index in [4.69, 9.17) is 5.84 Å². The molecule has 0 saturated carbocycles. The zero-order valence-electron chi connectivity index (χ0n) is 14.4. The Balaban J connectivity index is 1.94. The van der Waals surface area contributed by atoms with Crippen LogP contribution in [0.25, 0.3) is 10.9 Å². The van der Waals surface area contributed by atoms with Crippen LogP contribution in [0.2, 0.25) is 0 Å². The van der Waals surface area contributed by atoms with Crippen molar-refractivity contribution in [3.8, 4) is 0 Å². The van der Waals surface area contributed by atoms with Crippen LogP contribution in [0.1, 0.15) is 15.9 Å². The number of fused-ring (bicyclic) bond motifs is 1. The molecule has 136 valence electrons. The number of rotatable bonds is 4. The lowest BCUT2D eigenvalue weighted by molar-refractivity contribution is 0.0959. The monoisotopic (exact) mass is 365 g/mol. The third-order valence-corrected chi connectivity index (χ3v) is 3.93. The minimum Gasteiger partial charge on any atom is -0.355 e. The van der Waals surface area contributed by atoms with E-state index in [0.717, 1.165) is 11.5 Å². The molecule has 3 aromatic rings. The Hall–Kier alpha value is -3.81. The number of aliphatic imine (C=N–C) groups is 1. The van der Waals surface area contributed by atoms with Crippen LogP contribution < -0.4 is 16.7 Å². The molecule has 2 aromatic carbocycles. The van der Waals surface area contributed by atoms with E-state index in [1.165, 1.54) is 25.4 Å². The van der Waals surface area contributed by atoms with Gasteiger partial charge in [-0.05, 0) is 29.7 Å². The molecular formula is C19H16FN5O2. The molecule has 0 bridgehead atoms. The van der Waals surface area contributed by atoms with Crippen LogP contribution in [-0.2, 0) is 0 Å². The van der Waals surface area contributed by atoms with Crippen LogP contribution in [0.15, 0.2) is 63.4 Å². The van der Waals surface area contributed by atoms with E-state index in [9.17, 15) is 14.0 Å². The summed E-state index contributed by atoms with van der Waals surface area (Å²) in [6.07, 6.45) is 1.27. The summed E-state index contributed by atoms with van der Waals surface area (Å²) in [5.41, 5.74) is 0.853. The molecule has 0 aliphatic carbocycles. The summed E-state index contributed by atoms with van der Waals surface area (Å²) in [4.78, 5) is 30.7. The number of para-hydroxylation sites is 1. The molecule has 4 N–H and O–H groups in total. The van der Waals surface area contributed by atoms with Gasteiger partial charge in [0.2, 0.25) is 0 Å². The molecule has 1 aromatic heterocycles. The van der Waals surface area contributed by atoms with Crippen molar-refractivity contribution in [1.82, 2.24) is 10.3 Å². The number of H-pyrrole nitrogens is 1. The fraction of sp³-hybridized carbons (Fsp3) is 0.0526. The van der Waals surface area contributed by atoms with Crippen molar-refractivity contribution in [2.75, 3.05) is 7.05 Å². The summed E-state index contributed by atoms with van der Waals surface area (Å²) >= 11 is 0. The van der Waals surface area contributed by atoms with Crippen molar-refractivity contribution in [3.63, 3.8) is 0 Å². The van der Waals surface area contributed by atoms with Gasteiger partial charge in [0, 0.05) is 18.6 Å². The number of aromatic nitrogens is 1. The topological polar surface area (TPSA) is 113 Å². The van der Waals surface area contributed by atoms with E-state index in [1.807, 2.05) is 18.2 Å². The number of pyridine rings is 1. The summed E-state index contributed by atoms with van der Waals surface area (Å²) in [5, 5.41) is 6.77. The smallest absolute Gasteiger partial charge is 0.258 e. The molecule has 3 rings (SSSR count). The van der Waals surface area contributed by atoms with E-state index in [1.54, 1.807) is 12.1 Å². The van der Waals surface area contributed by atoms with Gasteiger partial charge in [0.1, 0.15) is 11.5 Å². The van der Waals surface area contributed by atoms with Gasteiger partial charge in [-0.25, -0.2) is 4.39 Å². The lowest BCUT2D eigenvalue weighted by atomic mass is 10.1. The first-order valence-corrected chi connectivity index (χ1v) is 7.99. The molecule has 0 atom stereocenters. The molecule has 0 spiro atoms. The maximum Gasteiger partial charge on any atom is 0.258 e. The largest absolute Gasteiger partial charge is 0.355 e. The molecule has 8 heteroatoms. The van der Waals surface area contributed by atoms with Crippen molar-refractivity contribution >= 4 is 34.4 Å². The number of amides is 1. The average molecular weight is 365 g/mol. The van der Waals surface area contributed by atoms with Crippen LogP contribution in [-0.4, -0.2) is 29.9 Å². The van der Waals surface area contributed by atoms with E-state index < -0.39 is 11.7 Å². The fourth-order valence-corrected chi connectivity index (χ4v) is 2.55. The Kier molecular flexibility index (Phi) is 5.07. The molecule has 27 heavy (non-hydrogen) atoms. The predicted molar refractivity (Wildman–Crippen MR) is 103 cm³/mol. The van der Waals surface area contributed by atoms with Crippen LogP contribution in [0, 0.1) is 5.82 Å². The van der Waals surface area contributed by atoms with Crippen LogP contribution in [0.4, 0.5) is 10.1 Å². The number of halogens is 1. The van der Waals surface area contributed by atoms with Gasteiger partial charge >= 0.3 is 0 Å². The number of carbonyl (C=O) groups is 1. The Labute approximate surface area is 153 Å². The zero-order valence-corrected chi connectivity index (χ0v) is 14.4. The lowest BCUT2D eigenvalue weighted by Crippen LogP contribution is -2.20. The van der Waals surface area contributed by atoms with Gasteiger partial charge in [-0.15, -0.1) is 0 Å². The molecule has 0 fully saturated rings. The van der Waals surface area contributed by atoms with Gasteiger partial charge in [-0.1, -0.05) is 18.2 Å². The van der Waals surface area contributed by atoms with Gasteiger partial charge < -0.3 is 16.1 Å². The number of nitrogens with zero attached hydrogens (tertiary/aromatic N) is 2. The number of nitrogens with two attached hydrogens (primary N) is 1. The zero-order chi connectivity index (χ0) is 19.4. The van der Waals surface area contributed by atoms with Crippen LogP contribution in [0.5, 0.6) is 0 Å². The molecular weight excluding hydrogens is 349 g/mol. The van der Waals surface area contributed by atoms with Crippen molar-refractivity contribution in [2.45, 2.75) is 0 Å². The Morgan fingerprint density at radius 2 is 1.96 bits per heavy atom. The van der Waals surface area contributed by atoms with E-state index in [2.05, 4.69) is 20.4 Å². The molecule has 1 amide bonds. The molecule has 0 saturated heterocycles. The van der Waals surface area contributed by atoms with Crippen molar-refractivity contribution in [3.05, 3.63) is 75.8 Å². The number of benzene rings is 2. The van der Waals surface area contributed by atoms with Crippen molar-refractivity contribution < 1.29 is 9.18 Å². The Morgan fingerprint density at radius 3 is 2.67 bits per heavy atom. The quantitative estimate of drug-likeness (QED) is 0.374. The molecule has 0 aliphatic heterocycles. The number of hydrogen-bond donors (Lipinski definition) is 3. The summed E-state index contributed by atoms with van der Waals surface area (Å²) in [6, 6.07) is 12.8. The first-order valence-electron chi connectivity index (χ1n) is 7.99. The van der Waals surface area contributed by atoms with Crippen LogP contribution >= 0.6 is 0 Å². The summed E-state index contributed by atoms with van der Waals surface area (Å²) < 4.78 is 14.0. The molecule has 1 heterocycles. The van der Waals surface area contributed by atoms with Gasteiger partial charge in [0.05, 0.1) is 23.0 Å². The predicted octanol–water partition coefficient (Wildman–Crippen LogP) is 2.09. The SMILES string of the molecule is CNC(=O)c1ccc(N=CC(=NN)c2cc3ccccc3[nH]c2=O)cc1F. The first kappa shape index (κ1) is 18.0. The summed E-state index contributed by atoms with van der Waals surface area (Å²) in [6.45, 7) is 0. The fourth-order valence-electron chi connectivity index (χ4n) is 2.55. The lowest BCUT2D eigenvalue weighted by Gasteiger charge is -2.04. The van der Waals surface area contributed by atoms with Crippen LogP contribution in [0.3, 0.4) is 0 Å². The molecule has 0 unspecified atom stereocenters. The minimum absolute atomic E-state index is 0.0878. The maximum absolute atomic E-state index is 14.0. The molecule has 0 aliphatic rings. The highest BCUT2D eigenvalue weighted by Crippen LogP contribution is 2.17. The average Bonchev–Trinajstić information content (AvgIpc) is 2.68.